The number of nitrogens with one attached hydrogen (secondary N) is 1. The molecule has 0 aliphatic heterocycles. The number of carbonyl (C=O) groups is 1. The number of amides is 1. The first-order valence-electron chi connectivity index (χ1n) is 8.85. The first-order chi connectivity index (χ1) is 14.2. The van der Waals surface area contributed by atoms with Crippen LogP contribution in [0.4, 0.5) is 0 Å². The van der Waals surface area contributed by atoms with Gasteiger partial charge in [0.25, 0.3) is 5.91 Å². The van der Waals surface area contributed by atoms with Gasteiger partial charge < -0.3 is 0 Å². The van der Waals surface area contributed by atoms with Gasteiger partial charge in [-0.15, -0.1) is 0 Å². The number of hydrogen-bond acceptors (Lipinski definition) is 4. The van der Waals surface area contributed by atoms with Crippen molar-refractivity contribution in [1.29, 1.82) is 0 Å². The molecular weight excluding hydrogens is 386 g/mol. The second kappa shape index (κ2) is 8.50. The summed E-state index contributed by atoms with van der Waals surface area (Å²) in [6.45, 7) is 0. The van der Waals surface area contributed by atoms with Gasteiger partial charge in [-0.25, -0.2) is 10.1 Å². The molecular formula is C22H16ClN5O. The SMILES string of the molecule is O=C(N/N=C\c1cn(-c2ccccc2)nc1-c1ccncc1)c1cccc(Cl)c1. The number of aromatic nitrogens is 3. The lowest BCUT2D eigenvalue weighted by atomic mass is 10.1. The molecule has 4 aromatic rings. The number of carbonyl (C=O) groups excluding carboxylic acids is 1. The van der Waals surface area contributed by atoms with Crippen LogP contribution in [0.25, 0.3) is 16.9 Å². The first-order valence-corrected chi connectivity index (χ1v) is 9.23. The van der Waals surface area contributed by atoms with Crippen molar-refractivity contribution in [2.45, 2.75) is 0 Å². The number of nitrogens with zero attached hydrogens (tertiary/aromatic N) is 4. The Labute approximate surface area is 172 Å². The standard InChI is InChI=1S/C22H16ClN5O/c23-19-6-4-5-17(13-19)22(29)26-25-14-18-15-28(20-7-2-1-3-8-20)27-21(18)16-9-11-24-12-10-16/h1-15H,(H,26,29)/b25-14-. The van der Waals surface area contributed by atoms with E-state index in [0.717, 1.165) is 22.5 Å². The third kappa shape index (κ3) is 4.39. The topological polar surface area (TPSA) is 72.2 Å². The predicted molar refractivity (Wildman–Crippen MR) is 113 cm³/mol. The fourth-order valence-corrected chi connectivity index (χ4v) is 2.97. The highest BCUT2D eigenvalue weighted by atomic mass is 35.5. The summed E-state index contributed by atoms with van der Waals surface area (Å²) in [6, 6.07) is 20.2. The molecule has 0 fully saturated rings. The Kier molecular flexibility index (Phi) is 5.45. The first kappa shape index (κ1) is 18.6. The molecule has 0 radical (unpaired) electrons. The molecule has 0 aliphatic carbocycles. The van der Waals surface area contributed by atoms with Crippen LogP contribution in [0.3, 0.4) is 0 Å². The van der Waals surface area contributed by atoms with E-state index in [4.69, 9.17) is 11.6 Å². The van der Waals surface area contributed by atoms with E-state index in [0.29, 0.717) is 10.6 Å². The Morgan fingerprint density at radius 1 is 1.03 bits per heavy atom. The Bertz CT molecular complexity index is 1160. The summed E-state index contributed by atoms with van der Waals surface area (Å²) in [4.78, 5) is 16.3. The zero-order valence-corrected chi connectivity index (χ0v) is 16.0. The molecule has 0 saturated heterocycles. The zero-order valence-electron chi connectivity index (χ0n) is 15.2. The number of para-hydroxylation sites is 1. The Balaban J connectivity index is 1.62. The van der Waals surface area contributed by atoms with Crippen LogP contribution in [-0.2, 0) is 0 Å². The number of halogens is 1. The van der Waals surface area contributed by atoms with Gasteiger partial charge >= 0.3 is 0 Å². The zero-order chi connectivity index (χ0) is 20.1. The average molecular weight is 402 g/mol. The summed E-state index contributed by atoms with van der Waals surface area (Å²) < 4.78 is 1.77. The van der Waals surface area contributed by atoms with Crippen molar-refractivity contribution in [3.63, 3.8) is 0 Å². The summed E-state index contributed by atoms with van der Waals surface area (Å²) in [5.41, 5.74) is 6.27. The monoisotopic (exact) mass is 401 g/mol. The van der Waals surface area contributed by atoms with Gasteiger partial charge in [0.1, 0.15) is 5.69 Å². The molecule has 1 N–H and O–H groups in total. The fourth-order valence-electron chi connectivity index (χ4n) is 2.78. The highest BCUT2D eigenvalue weighted by Crippen LogP contribution is 2.22. The van der Waals surface area contributed by atoms with Crippen LogP contribution in [0, 0.1) is 0 Å². The molecule has 6 nitrogen and oxygen atoms in total. The van der Waals surface area contributed by atoms with Gasteiger partial charge in [0.2, 0.25) is 0 Å². The molecule has 142 valence electrons. The van der Waals surface area contributed by atoms with Crippen LogP contribution >= 0.6 is 11.6 Å². The summed E-state index contributed by atoms with van der Waals surface area (Å²) >= 11 is 5.93. The maximum atomic E-state index is 12.3. The number of benzene rings is 2. The average Bonchev–Trinajstić information content (AvgIpc) is 3.19. The minimum absolute atomic E-state index is 0.343. The summed E-state index contributed by atoms with van der Waals surface area (Å²) in [6.07, 6.45) is 6.85. The van der Waals surface area contributed by atoms with Crippen molar-refractivity contribution in [1.82, 2.24) is 20.2 Å². The van der Waals surface area contributed by atoms with Crippen molar-refractivity contribution in [3.8, 4) is 16.9 Å². The minimum atomic E-state index is -0.343. The maximum Gasteiger partial charge on any atom is 0.271 e. The number of hydrazone groups is 1. The lowest BCUT2D eigenvalue weighted by Gasteiger charge is -2.00. The van der Waals surface area contributed by atoms with Gasteiger partial charge in [-0.2, -0.15) is 10.2 Å². The second-order valence-electron chi connectivity index (χ2n) is 6.16. The van der Waals surface area contributed by atoms with Crippen molar-refractivity contribution < 1.29 is 4.79 Å². The maximum absolute atomic E-state index is 12.3. The van der Waals surface area contributed by atoms with Gasteiger partial charge in [-0.3, -0.25) is 9.78 Å². The van der Waals surface area contributed by atoms with Crippen LogP contribution < -0.4 is 5.43 Å². The van der Waals surface area contributed by atoms with Crippen LogP contribution in [0.15, 0.2) is 90.4 Å². The van der Waals surface area contributed by atoms with Crippen LogP contribution in [0.2, 0.25) is 5.02 Å². The van der Waals surface area contributed by atoms with Crippen molar-refractivity contribution >= 4 is 23.7 Å². The van der Waals surface area contributed by atoms with Crippen molar-refractivity contribution in [2.75, 3.05) is 0 Å². The van der Waals surface area contributed by atoms with E-state index in [2.05, 4.69) is 20.6 Å². The molecule has 2 aromatic heterocycles. The number of rotatable bonds is 5. The Hall–Kier alpha value is -3.77. The van der Waals surface area contributed by atoms with E-state index in [1.807, 2.05) is 48.7 Å². The molecule has 0 saturated carbocycles. The minimum Gasteiger partial charge on any atom is -0.267 e. The molecule has 0 unspecified atom stereocenters. The molecule has 1 amide bonds. The fraction of sp³-hybridized carbons (Fsp3) is 0. The number of hydrogen-bond donors (Lipinski definition) is 1. The van der Waals surface area contributed by atoms with E-state index in [9.17, 15) is 4.79 Å². The molecule has 0 aliphatic rings. The lowest BCUT2D eigenvalue weighted by Crippen LogP contribution is -2.17. The summed E-state index contributed by atoms with van der Waals surface area (Å²) in [7, 11) is 0. The van der Waals surface area contributed by atoms with Gasteiger partial charge in [0.15, 0.2) is 0 Å². The molecule has 0 atom stereocenters. The van der Waals surface area contributed by atoms with E-state index < -0.39 is 0 Å². The van der Waals surface area contributed by atoms with Gasteiger partial charge in [-0.1, -0.05) is 35.9 Å². The lowest BCUT2D eigenvalue weighted by molar-refractivity contribution is 0.0955. The highest BCUT2D eigenvalue weighted by molar-refractivity contribution is 6.30. The summed E-state index contributed by atoms with van der Waals surface area (Å²) in [5.74, 6) is -0.343. The highest BCUT2D eigenvalue weighted by Gasteiger charge is 2.11. The van der Waals surface area contributed by atoms with Crippen LogP contribution in [0.5, 0.6) is 0 Å². The molecule has 4 rings (SSSR count). The van der Waals surface area contributed by atoms with Crippen molar-refractivity contribution in [2.24, 2.45) is 5.10 Å². The largest absolute Gasteiger partial charge is 0.271 e. The normalized spacial score (nSPS) is 10.9. The molecule has 0 bridgehead atoms. The van der Waals surface area contributed by atoms with Gasteiger partial charge in [0, 0.05) is 40.3 Å². The second-order valence-corrected chi connectivity index (χ2v) is 6.59. The van der Waals surface area contributed by atoms with Gasteiger partial charge in [0.05, 0.1) is 11.9 Å². The molecule has 7 heteroatoms. The van der Waals surface area contributed by atoms with E-state index in [-0.39, 0.29) is 5.91 Å². The smallest absolute Gasteiger partial charge is 0.267 e. The summed E-state index contributed by atoms with van der Waals surface area (Å²) in [5, 5.41) is 9.28. The molecule has 0 spiro atoms. The quantitative estimate of drug-likeness (QED) is 0.399. The Morgan fingerprint density at radius 2 is 1.83 bits per heavy atom. The van der Waals surface area contributed by atoms with Crippen molar-refractivity contribution in [3.05, 3.63) is 101 Å². The Morgan fingerprint density at radius 3 is 2.59 bits per heavy atom. The van der Waals surface area contributed by atoms with Crippen LogP contribution in [0.1, 0.15) is 15.9 Å². The predicted octanol–water partition coefficient (Wildman–Crippen LogP) is 4.35. The van der Waals surface area contributed by atoms with E-state index >= 15 is 0 Å². The molecule has 2 heterocycles. The van der Waals surface area contributed by atoms with E-state index in [1.54, 1.807) is 47.6 Å². The number of pyridine rings is 1. The van der Waals surface area contributed by atoms with Crippen LogP contribution in [-0.4, -0.2) is 26.9 Å². The van der Waals surface area contributed by atoms with E-state index in [1.165, 1.54) is 0 Å². The third-order valence-electron chi connectivity index (χ3n) is 4.17. The molecule has 2 aromatic carbocycles. The molecule has 29 heavy (non-hydrogen) atoms. The third-order valence-corrected chi connectivity index (χ3v) is 4.41. The van der Waals surface area contributed by atoms with Gasteiger partial charge in [-0.05, 0) is 42.5 Å².